The Morgan fingerprint density at radius 2 is 2.13 bits per heavy atom. The lowest BCUT2D eigenvalue weighted by Crippen LogP contribution is -2.17. The summed E-state index contributed by atoms with van der Waals surface area (Å²) in [5.41, 5.74) is 2.28. The Hall–Kier alpha value is -1.28. The van der Waals surface area contributed by atoms with Crippen molar-refractivity contribution in [2.45, 2.75) is 26.4 Å². The van der Waals surface area contributed by atoms with Crippen LogP contribution >= 0.6 is 0 Å². The van der Waals surface area contributed by atoms with Crippen LogP contribution in [0.1, 0.15) is 18.9 Å². The number of hydrogen-bond donors (Lipinski definition) is 2. The van der Waals surface area contributed by atoms with Crippen LogP contribution in [-0.4, -0.2) is 17.8 Å². The van der Waals surface area contributed by atoms with Crippen LogP contribution in [0.5, 0.6) is 0 Å². The highest BCUT2D eigenvalue weighted by Crippen LogP contribution is 2.12. The van der Waals surface area contributed by atoms with Gasteiger partial charge in [0.25, 0.3) is 0 Å². The third-order valence-electron chi connectivity index (χ3n) is 2.24. The number of aliphatic hydroxyl groups excluding tert-OH is 1. The van der Waals surface area contributed by atoms with Gasteiger partial charge in [-0.05, 0) is 25.0 Å². The predicted molar refractivity (Wildman–Crippen MR) is 65.1 cm³/mol. The lowest BCUT2D eigenvalue weighted by molar-refractivity contribution is 0.236. The molecule has 2 N–H and O–H groups in total. The molecule has 1 unspecified atom stereocenters. The third kappa shape index (κ3) is 4.17. The predicted octanol–water partition coefficient (Wildman–Crippen LogP) is 2.73. The van der Waals surface area contributed by atoms with Crippen LogP contribution in [0.4, 0.5) is 5.69 Å². The molecule has 0 spiro atoms. The topological polar surface area (TPSA) is 32.3 Å². The molecule has 1 atom stereocenters. The van der Waals surface area contributed by atoms with E-state index in [2.05, 4.69) is 25.2 Å². The van der Waals surface area contributed by atoms with Crippen LogP contribution in [0.15, 0.2) is 36.4 Å². The summed E-state index contributed by atoms with van der Waals surface area (Å²) in [4.78, 5) is 0. The fourth-order valence-corrected chi connectivity index (χ4v) is 1.35. The fraction of sp³-hybridized carbons (Fsp3) is 0.385. The first-order valence-electron chi connectivity index (χ1n) is 5.38. The average Bonchev–Trinajstić information content (AvgIpc) is 2.25. The molecule has 82 valence electrons. The van der Waals surface area contributed by atoms with Gasteiger partial charge in [-0.15, -0.1) is 0 Å². The smallest absolute Gasteiger partial charge is 0.0893 e. The van der Waals surface area contributed by atoms with Gasteiger partial charge in [0.15, 0.2) is 0 Å². The fourth-order valence-electron chi connectivity index (χ4n) is 1.35. The van der Waals surface area contributed by atoms with Crippen molar-refractivity contribution < 1.29 is 5.11 Å². The maximum Gasteiger partial charge on any atom is 0.0893 e. The zero-order chi connectivity index (χ0) is 11.1. The van der Waals surface area contributed by atoms with E-state index >= 15 is 0 Å². The zero-order valence-corrected chi connectivity index (χ0v) is 9.40. The monoisotopic (exact) mass is 205 g/mol. The number of anilines is 1. The zero-order valence-electron chi connectivity index (χ0n) is 9.40. The molecule has 0 amide bonds. The number of allylic oxidation sites excluding steroid dienone is 1. The number of benzene rings is 1. The molecule has 0 aliphatic heterocycles. The number of aliphatic hydroxyl groups is 1. The summed E-state index contributed by atoms with van der Waals surface area (Å²) in [5.74, 6) is 0. The van der Waals surface area contributed by atoms with E-state index in [0.29, 0.717) is 6.54 Å². The van der Waals surface area contributed by atoms with E-state index < -0.39 is 6.10 Å². The quantitative estimate of drug-likeness (QED) is 0.724. The van der Waals surface area contributed by atoms with Gasteiger partial charge >= 0.3 is 0 Å². The van der Waals surface area contributed by atoms with E-state index in [1.165, 1.54) is 5.56 Å². The molecule has 2 nitrogen and oxygen atoms in total. The highest BCUT2D eigenvalue weighted by molar-refractivity contribution is 5.50. The Morgan fingerprint density at radius 3 is 2.80 bits per heavy atom. The van der Waals surface area contributed by atoms with Crippen LogP contribution < -0.4 is 5.32 Å². The van der Waals surface area contributed by atoms with Crippen molar-refractivity contribution in [3.05, 3.63) is 42.0 Å². The van der Waals surface area contributed by atoms with E-state index in [4.69, 9.17) is 0 Å². The van der Waals surface area contributed by atoms with Crippen molar-refractivity contribution in [2.24, 2.45) is 0 Å². The van der Waals surface area contributed by atoms with E-state index in [0.717, 1.165) is 12.1 Å². The molecular weight excluding hydrogens is 186 g/mol. The molecule has 0 radical (unpaired) electrons. The van der Waals surface area contributed by atoms with Crippen molar-refractivity contribution in [3.8, 4) is 0 Å². The molecule has 0 aliphatic rings. The molecule has 1 rings (SSSR count). The van der Waals surface area contributed by atoms with Crippen molar-refractivity contribution in [3.63, 3.8) is 0 Å². The SMILES string of the molecule is CCC=CC(O)CNc1ccccc1C. The lowest BCUT2D eigenvalue weighted by atomic mass is 10.2. The van der Waals surface area contributed by atoms with Crippen LogP contribution in [-0.2, 0) is 0 Å². The largest absolute Gasteiger partial charge is 0.387 e. The minimum Gasteiger partial charge on any atom is -0.387 e. The van der Waals surface area contributed by atoms with Crippen molar-refractivity contribution in [1.82, 2.24) is 0 Å². The standard InChI is InChI=1S/C13H19NO/c1-3-4-8-12(15)10-14-13-9-6-5-7-11(13)2/h4-9,12,14-15H,3,10H2,1-2H3. The van der Waals surface area contributed by atoms with E-state index in [1.54, 1.807) is 0 Å². The van der Waals surface area contributed by atoms with E-state index in [1.807, 2.05) is 30.4 Å². The summed E-state index contributed by atoms with van der Waals surface area (Å²) in [5, 5.41) is 12.8. The summed E-state index contributed by atoms with van der Waals surface area (Å²) in [6.07, 6.45) is 4.35. The molecule has 0 aromatic heterocycles. The Kier molecular flexibility index (Phi) is 4.91. The molecule has 0 heterocycles. The van der Waals surface area contributed by atoms with Gasteiger partial charge in [0.05, 0.1) is 6.10 Å². The minimum atomic E-state index is -0.412. The second-order valence-electron chi connectivity index (χ2n) is 3.60. The number of hydrogen-bond acceptors (Lipinski definition) is 2. The van der Waals surface area contributed by atoms with Gasteiger partial charge < -0.3 is 10.4 Å². The molecule has 2 heteroatoms. The highest BCUT2D eigenvalue weighted by atomic mass is 16.3. The van der Waals surface area contributed by atoms with Gasteiger partial charge in [-0.2, -0.15) is 0 Å². The highest BCUT2D eigenvalue weighted by Gasteiger charge is 1.99. The number of rotatable bonds is 5. The molecular formula is C13H19NO. The van der Waals surface area contributed by atoms with Gasteiger partial charge in [0, 0.05) is 12.2 Å². The summed E-state index contributed by atoms with van der Waals surface area (Å²) < 4.78 is 0. The Balaban J connectivity index is 2.43. The number of nitrogens with one attached hydrogen (secondary N) is 1. The lowest BCUT2D eigenvalue weighted by Gasteiger charge is -2.11. The first-order valence-corrected chi connectivity index (χ1v) is 5.38. The first-order chi connectivity index (χ1) is 7.24. The van der Waals surface area contributed by atoms with Gasteiger partial charge in [-0.1, -0.05) is 37.3 Å². The molecule has 15 heavy (non-hydrogen) atoms. The normalized spacial score (nSPS) is 13.0. The summed E-state index contributed by atoms with van der Waals surface area (Å²) in [6, 6.07) is 8.07. The molecule has 1 aromatic carbocycles. The second-order valence-corrected chi connectivity index (χ2v) is 3.60. The Morgan fingerprint density at radius 1 is 1.40 bits per heavy atom. The summed E-state index contributed by atoms with van der Waals surface area (Å²) in [6.45, 7) is 4.66. The molecule has 0 bridgehead atoms. The minimum absolute atomic E-state index is 0.412. The van der Waals surface area contributed by atoms with Crippen LogP contribution in [0.25, 0.3) is 0 Å². The number of para-hydroxylation sites is 1. The van der Waals surface area contributed by atoms with Crippen LogP contribution in [0.3, 0.4) is 0 Å². The maximum atomic E-state index is 9.58. The van der Waals surface area contributed by atoms with Gasteiger partial charge in [0.1, 0.15) is 0 Å². The maximum absolute atomic E-state index is 9.58. The van der Waals surface area contributed by atoms with E-state index in [9.17, 15) is 5.11 Å². The van der Waals surface area contributed by atoms with Crippen molar-refractivity contribution >= 4 is 5.69 Å². The van der Waals surface area contributed by atoms with Crippen molar-refractivity contribution in [2.75, 3.05) is 11.9 Å². The summed E-state index contributed by atoms with van der Waals surface area (Å²) >= 11 is 0. The molecule has 0 saturated heterocycles. The van der Waals surface area contributed by atoms with Crippen molar-refractivity contribution in [1.29, 1.82) is 0 Å². The second kappa shape index (κ2) is 6.25. The van der Waals surface area contributed by atoms with E-state index in [-0.39, 0.29) is 0 Å². The third-order valence-corrected chi connectivity index (χ3v) is 2.24. The Bertz CT molecular complexity index is 320. The number of aryl methyl sites for hydroxylation is 1. The Labute approximate surface area is 91.6 Å². The van der Waals surface area contributed by atoms with Gasteiger partial charge in [-0.25, -0.2) is 0 Å². The molecule has 0 saturated carbocycles. The summed E-state index contributed by atoms with van der Waals surface area (Å²) in [7, 11) is 0. The van der Waals surface area contributed by atoms with Gasteiger partial charge in [-0.3, -0.25) is 0 Å². The molecule has 0 fully saturated rings. The van der Waals surface area contributed by atoms with Crippen LogP contribution in [0.2, 0.25) is 0 Å². The average molecular weight is 205 g/mol. The van der Waals surface area contributed by atoms with Gasteiger partial charge in [0.2, 0.25) is 0 Å². The first kappa shape index (κ1) is 11.8. The molecule has 1 aromatic rings. The molecule has 0 aliphatic carbocycles. The van der Waals surface area contributed by atoms with Crippen LogP contribution in [0, 0.1) is 6.92 Å².